The second-order valence-electron chi connectivity index (χ2n) is 5.22. The predicted molar refractivity (Wildman–Crippen MR) is 75.8 cm³/mol. The molecule has 2 aliphatic carbocycles. The second kappa shape index (κ2) is 4.29. The van der Waals surface area contributed by atoms with Crippen molar-refractivity contribution in [3.8, 4) is 0 Å². The zero-order valence-corrected chi connectivity index (χ0v) is 12.1. The first kappa shape index (κ1) is 12.1. The van der Waals surface area contributed by atoms with E-state index in [9.17, 15) is 5.11 Å². The molecule has 1 aromatic rings. The van der Waals surface area contributed by atoms with Gasteiger partial charge in [0.05, 0.1) is 9.93 Å². The molecule has 1 aromatic carbocycles. The average Bonchev–Trinajstić information content (AvgIpc) is 2.78. The van der Waals surface area contributed by atoms with E-state index in [0.717, 1.165) is 19.3 Å². The molecule has 0 aliphatic heterocycles. The lowest BCUT2D eigenvalue weighted by Gasteiger charge is -2.29. The van der Waals surface area contributed by atoms with E-state index in [1.807, 2.05) is 17.8 Å². The summed E-state index contributed by atoms with van der Waals surface area (Å²) < 4.78 is -0.0307. The summed E-state index contributed by atoms with van der Waals surface area (Å²) >= 11 is 5.72. The van der Waals surface area contributed by atoms with Crippen molar-refractivity contribution in [2.75, 3.05) is 0 Å². The van der Waals surface area contributed by atoms with Crippen LogP contribution in [0.1, 0.15) is 32.1 Å². The van der Waals surface area contributed by atoms with Gasteiger partial charge in [-0.3, -0.25) is 0 Å². The zero-order chi connectivity index (χ0) is 11.9. The quantitative estimate of drug-likeness (QED) is 0.852. The van der Waals surface area contributed by atoms with Crippen LogP contribution in [-0.2, 0) is 0 Å². The fourth-order valence-electron chi connectivity index (χ4n) is 2.87. The average molecular weight is 313 g/mol. The van der Waals surface area contributed by atoms with Gasteiger partial charge in [0.2, 0.25) is 0 Å². The molecule has 2 unspecified atom stereocenters. The van der Waals surface area contributed by atoms with Crippen molar-refractivity contribution in [1.29, 1.82) is 0 Å². The Morgan fingerprint density at radius 1 is 1.18 bits per heavy atom. The SMILES string of the molecule is OC1(C2(Br)CC2Sc2ccccc2)CCCC1. The Labute approximate surface area is 115 Å². The van der Waals surface area contributed by atoms with E-state index in [0.29, 0.717) is 5.25 Å². The lowest BCUT2D eigenvalue weighted by molar-refractivity contribution is 0.0403. The Morgan fingerprint density at radius 3 is 2.47 bits per heavy atom. The molecule has 0 amide bonds. The van der Waals surface area contributed by atoms with Crippen molar-refractivity contribution in [1.82, 2.24) is 0 Å². The highest BCUT2D eigenvalue weighted by atomic mass is 79.9. The lowest BCUT2D eigenvalue weighted by Crippen LogP contribution is -2.39. The molecule has 17 heavy (non-hydrogen) atoms. The number of rotatable bonds is 3. The van der Waals surface area contributed by atoms with Crippen LogP contribution < -0.4 is 0 Å². The van der Waals surface area contributed by atoms with E-state index in [1.165, 1.54) is 17.7 Å². The normalized spacial score (nSPS) is 34.8. The van der Waals surface area contributed by atoms with Crippen molar-refractivity contribution in [3.63, 3.8) is 0 Å². The largest absolute Gasteiger partial charge is 0.388 e. The highest BCUT2D eigenvalue weighted by Crippen LogP contribution is 2.63. The first-order valence-corrected chi connectivity index (χ1v) is 7.94. The van der Waals surface area contributed by atoms with Crippen molar-refractivity contribution in [2.24, 2.45) is 0 Å². The number of halogens is 1. The molecule has 0 spiro atoms. The van der Waals surface area contributed by atoms with Crippen LogP contribution in [0.25, 0.3) is 0 Å². The van der Waals surface area contributed by atoms with Gasteiger partial charge in [0.25, 0.3) is 0 Å². The van der Waals surface area contributed by atoms with Gasteiger partial charge < -0.3 is 5.11 Å². The fraction of sp³-hybridized carbons (Fsp3) is 0.571. The van der Waals surface area contributed by atoms with Crippen molar-refractivity contribution in [2.45, 2.75) is 52.2 Å². The van der Waals surface area contributed by atoms with Crippen molar-refractivity contribution < 1.29 is 5.11 Å². The number of hydrogen-bond donors (Lipinski definition) is 1. The van der Waals surface area contributed by atoms with Crippen LogP contribution in [0.5, 0.6) is 0 Å². The van der Waals surface area contributed by atoms with Gasteiger partial charge in [0, 0.05) is 10.1 Å². The van der Waals surface area contributed by atoms with Crippen LogP contribution in [0.15, 0.2) is 35.2 Å². The van der Waals surface area contributed by atoms with E-state index in [2.05, 4.69) is 40.2 Å². The fourth-order valence-corrected chi connectivity index (χ4v) is 5.48. The van der Waals surface area contributed by atoms with Gasteiger partial charge in [-0.2, -0.15) is 0 Å². The third kappa shape index (κ3) is 2.06. The van der Waals surface area contributed by atoms with Crippen LogP contribution in [-0.4, -0.2) is 20.3 Å². The van der Waals surface area contributed by atoms with Gasteiger partial charge >= 0.3 is 0 Å². The van der Waals surface area contributed by atoms with E-state index < -0.39 is 5.60 Å². The molecule has 0 heterocycles. The minimum atomic E-state index is -0.459. The standard InChI is InChI=1S/C14H17BrOS/c15-14(13(16)8-4-5-9-13)10-12(14)17-11-6-2-1-3-7-11/h1-3,6-7,12,16H,4-5,8-10H2. The Hall–Kier alpha value is 0.0100. The van der Waals surface area contributed by atoms with Crippen molar-refractivity contribution >= 4 is 27.7 Å². The smallest absolute Gasteiger partial charge is 0.0811 e. The summed E-state index contributed by atoms with van der Waals surface area (Å²) in [4.78, 5) is 1.31. The van der Waals surface area contributed by atoms with Gasteiger partial charge in [-0.1, -0.05) is 47.0 Å². The molecule has 2 aliphatic rings. The Bertz CT molecular complexity index is 402. The molecule has 3 rings (SSSR count). The highest BCUT2D eigenvalue weighted by molar-refractivity contribution is 9.10. The Balaban J connectivity index is 1.69. The zero-order valence-electron chi connectivity index (χ0n) is 9.73. The number of alkyl halides is 1. The molecular formula is C14H17BrOS. The third-order valence-corrected chi connectivity index (χ3v) is 7.37. The molecule has 3 heteroatoms. The molecule has 0 bridgehead atoms. The molecule has 2 atom stereocenters. The van der Waals surface area contributed by atoms with Gasteiger partial charge in [-0.05, 0) is 31.4 Å². The molecule has 1 N–H and O–H groups in total. The second-order valence-corrected chi connectivity index (χ2v) is 7.92. The van der Waals surface area contributed by atoms with Crippen molar-refractivity contribution in [3.05, 3.63) is 30.3 Å². The third-order valence-electron chi connectivity index (χ3n) is 4.06. The lowest BCUT2D eigenvalue weighted by atomic mass is 9.96. The number of benzene rings is 1. The molecule has 0 saturated heterocycles. The van der Waals surface area contributed by atoms with Crippen LogP contribution in [0.4, 0.5) is 0 Å². The first-order chi connectivity index (χ1) is 8.14. The minimum absolute atomic E-state index is 0.0307. The van der Waals surface area contributed by atoms with Gasteiger partial charge in [-0.25, -0.2) is 0 Å². The van der Waals surface area contributed by atoms with Gasteiger partial charge in [-0.15, -0.1) is 11.8 Å². The number of aliphatic hydroxyl groups is 1. The molecule has 1 nitrogen and oxygen atoms in total. The summed E-state index contributed by atoms with van der Waals surface area (Å²) in [7, 11) is 0. The summed E-state index contributed by atoms with van der Waals surface area (Å²) in [5.74, 6) is 0. The van der Waals surface area contributed by atoms with Crippen LogP contribution in [0.2, 0.25) is 0 Å². The van der Waals surface area contributed by atoms with Crippen LogP contribution in [0, 0.1) is 0 Å². The number of hydrogen-bond acceptors (Lipinski definition) is 2. The van der Waals surface area contributed by atoms with Crippen LogP contribution >= 0.6 is 27.7 Å². The van der Waals surface area contributed by atoms with Gasteiger partial charge in [0.1, 0.15) is 0 Å². The monoisotopic (exact) mass is 312 g/mol. The Kier molecular flexibility index (Phi) is 3.04. The van der Waals surface area contributed by atoms with E-state index in [-0.39, 0.29) is 4.32 Å². The maximum absolute atomic E-state index is 10.7. The van der Waals surface area contributed by atoms with E-state index in [4.69, 9.17) is 0 Å². The molecule has 0 radical (unpaired) electrons. The maximum atomic E-state index is 10.7. The summed E-state index contributed by atoms with van der Waals surface area (Å²) in [6.07, 6.45) is 5.36. The first-order valence-electron chi connectivity index (χ1n) is 6.27. The summed E-state index contributed by atoms with van der Waals surface area (Å²) in [6.45, 7) is 0. The predicted octanol–water partition coefficient (Wildman–Crippen LogP) is 3.99. The summed E-state index contributed by atoms with van der Waals surface area (Å²) in [5.41, 5.74) is -0.459. The minimum Gasteiger partial charge on any atom is -0.388 e. The summed E-state index contributed by atoms with van der Waals surface area (Å²) in [5, 5.41) is 11.2. The molecule has 0 aromatic heterocycles. The van der Waals surface area contributed by atoms with Gasteiger partial charge in [0.15, 0.2) is 0 Å². The molecule has 92 valence electrons. The topological polar surface area (TPSA) is 20.2 Å². The highest BCUT2D eigenvalue weighted by Gasteiger charge is 2.65. The van der Waals surface area contributed by atoms with E-state index >= 15 is 0 Å². The van der Waals surface area contributed by atoms with Crippen LogP contribution in [0.3, 0.4) is 0 Å². The number of thioether (sulfide) groups is 1. The summed E-state index contributed by atoms with van der Waals surface area (Å²) in [6, 6.07) is 10.5. The maximum Gasteiger partial charge on any atom is 0.0811 e. The van der Waals surface area contributed by atoms with E-state index in [1.54, 1.807) is 0 Å². The Morgan fingerprint density at radius 2 is 1.82 bits per heavy atom. The molecule has 2 saturated carbocycles. The molecule has 2 fully saturated rings. The molecular weight excluding hydrogens is 296 g/mol.